The summed E-state index contributed by atoms with van der Waals surface area (Å²) in [4.78, 5) is 1.01. The zero-order valence-electron chi connectivity index (χ0n) is 8.79. The van der Waals surface area contributed by atoms with Gasteiger partial charge in [0.25, 0.3) is 0 Å². The van der Waals surface area contributed by atoms with E-state index in [0.717, 1.165) is 20.0 Å². The number of rotatable bonds is 3. The van der Waals surface area contributed by atoms with Gasteiger partial charge in [-0.25, -0.2) is 4.39 Å². The Bertz CT molecular complexity index is 510. The zero-order chi connectivity index (χ0) is 12.3. The van der Waals surface area contributed by atoms with Gasteiger partial charge in [-0.3, -0.25) is 0 Å². The summed E-state index contributed by atoms with van der Waals surface area (Å²) in [5, 5.41) is 0.730. The second kappa shape index (κ2) is 5.89. The molecule has 0 aromatic heterocycles. The van der Waals surface area contributed by atoms with Gasteiger partial charge in [-0.15, -0.1) is 11.8 Å². The van der Waals surface area contributed by atoms with E-state index in [4.69, 9.17) is 11.6 Å². The second-order valence-corrected chi connectivity index (χ2v) is 5.84. The van der Waals surface area contributed by atoms with Crippen LogP contribution in [0.4, 0.5) is 4.39 Å². The Labute approximate surface area is 117 Å². The Hall–Kier alpha value is -0.510. The van der Waals surface area contributed by atoms with Crippen molar-refractivity contribution in [2.24, 2.45) is 0 Å². The predicted molar refractivity (Wildman–Crippen MR) is 75.1 cm³/mol. The third kappa shape index (κ3) is 3.73. The van der Waals surface area contributed by atoms with E-state index in [2.05, 4.69) is 15.9 Å². The SMILES string of the molecule is Fc1cc(Br)cc(CSc2ccccc2Cl)c1. The molecule has 0 radical (unpaired) electrons. The number of thioether (sulfide) groups is 1. The lowest BCUT2D eigenvalue weighted by molar-refractivity contribution is 0.625. The van der Waals surface area contributed by atoms with Gasteiger partial charge < -0.3 is 0 Å². The van der Waals surface area contributed by atoms with Gasteiger partial charge in [0.05, 0.1) is 5.02 Å². The summed E-state index contributed by atoms with van der Waals surface area (Å²) >= 11 is 10.9. The largest absolute Gasteiger partial charge is 0.207 e. The molecule has 0 aliphatic heterocycles. The van der Waals surface area contributed by atoms with E-state index in [9.17, 15) is 4.39 Å². The fourth-order valence-corrected chi connectivity index (χ4v) is 3.10. The van der Waals surface area contributed by atoms with Gasteiger partial charge in [0.2, 0.25) is 0 Å². The molecule has 0 aliphatic carbocycles. The maximum absolute atomic E-state index is 13.2. The van der Waals surface area contributed by atoms with Gasteiger partial charge in [-0.2, -0.15) is 0 Å². The molecule has 0 amide bonds. The average molecular weight is 332 g/mol. The highest BCUT2D eigenvalue weighted by Gasteiger charge is 2.03. The lowest BCUT2D eigenvalue weighted by Gasteiger charge is -2.05. The van der Waals surface area contributed by atoms with Crippen LogP contribution in [-0.4, -0.2) is 0 Å². The van der Waals surface area contributed by atoms with E-state index in [0.29, 0.717) is 5.75 Å². The molecule has 0 atom stereocenters. The van der Waals surface area contributed by atoms with E-state index in [1.807, 2.05) is 30.3 Å². The Balaban J connectivity index is 2.10. The first-order chi connectivity index (χ1) is 8.15. The van der Waals surface area contributed by atoms with Crippen LogP contribution >= 0.6 is 39.3 Å². The smallest absolute Gasteiger partial charge is 0.124 e. The molecular weight excluding hydrogens is 323 g/mol. The van der Waals surface area contributed by atoms with Crippen molar-refractivity contribution in [3.8, 4) is 0 Å². The number of halogens is 3. The van der Waals surface area contributed by atoms with Crippen LogP contribution in [0.3, 0.4) is 0 Å². The normalized spacial score (nSPS) is 10.5. The van der Waals surface area contributed by atoms with E-state index in [-0.39, 0.29) is 5.82 Å². The third-order valence-electron chi connectivity index (χ3n) is 2.15. The van der Waals surface area contributed by atoms with Gasteiger partial charge in [0.15, 0.2) is 0 Å². The number of hydrogen-bond acceptors (Lipinski definition) is 1. The molecule has 17 heavy (non-hydrogen) atoms. The van der Waals surface area contributed by atoms with Gasteiger partial charge in [-0.05, 0) is 35.9 Å². The van der Waals surface area contributed by atoms with Gasteiger partial charge in [0, 0.05) is 15.1 Å². The van der Waals surface area contributed by atoms with Crippen molar-refractivity contribution in [3.63, 3.8) is 0 Å². The van der Waals surface area contributed by atoms with Crippen LogP contribution in [0.15, 0.2) is 51.8 Å². The molecule has 0 saturated carbocycles. The van der Waals surface area contributed by atoms with Crippen LogP contribution in [0.25, 0.3) is 0 Å². The fraction of sp³-hybridized carbons (Fsp3) is 0.0769. The van der Waals surface area contributed by atoms with Gasteiger partial charge in [0.1, 0.15) is 5.82 Å². The fourth-order valence-electron chi connectivity index (χ4n) is 1.42. The lowest BCUT2D eigenvalue weighted by atomic mass is 10.2. The summed E-state index contributed by atoms with van der Waals surface area (Å²) < 4.78 is 13.9. The molecule has 88 valence electrons. The highest BCUT2D eigenvalue weighted by molar-refractivity contribution is 9.10. The van der Waals surface area contributed by atoms with Crippen molar-refractivity contribution in [2.75, 3.05) is 0 Å². The Kier molecular flexibility index (Phi) is 4.48. The highest BCUT2D eigenvalue weighted by atomic mass is 79.9. The summed E-state index contributed by atoms with van der Waals surface area (Å²) in [6, 6.07) is 12.5. The van der Waals surface area contributed by atoms with E-state index in [1.54, 1.807) is 11.8 Å². The van der Waals surface area contributed by atoms with Crippen LogP contribution in [0.1, 0.15) is 5.56 Å². The van der Waals surface area contributed by atoms with Crippen LogP contribution < -0.4 is 0 Å². The van der Waals surface area contributed by atoms with E-state index < -0.39 is 0 Å². The third-order valence-corrected chi connectivity index (χ3v) is 4.20. The molecule has 0 spiro atoms. The lowest BCUT2D eigenvalue weighted by Crippen LogP contribution is -1.84. The summed E-state index contributed by atoms with van der Waals surface area (Å²) in [5.74, 6) is 0.467. The molecular formula is C13H9BrClFS. The van der Waals surface area contributed by atoms with Gasteiger partial charge >= 0.3 is 0 Å². The molecule has 0 heterocycles. The van der Waals surface area contributed by atoms with Crippen molar-refractivity contribution >= 4 is 39.3 Å². The van der Waals surface area contributed by atoms with Crippen LogP contribution in [0.2, 0.25) is 5.02 Å². The predicted octanol–water partition coefficient (Wildman–Crippen LogP) is 5.53. The van der Waals surface area contributed by atoms with Crippen LogP contribution in [0.5, 0.6) is 0 Å². The maximum atomic E-state index is 13.2. The van der Waals surface area contributed by atoms with Crippen LogP contribution in [-0.2, 0) is 5.75 Å². The Morgan fingerprint density at radius 1 is 1.18 bits per heavy atom. The van der Waals surface area contributed by atoms with Crippen molar-refractivity contribution in [1.29, 1.82) is 0 Å². The zero-order valence-corrected chi connectivity index (χ0v) is 11.9. The van der Waals surface area contributed by atoms with Gasteiger partial charge in [-0.1, -0.05) is 39.7 Å². The standard InChI is InChI=1S/C13H9BrClFS/c14-10-5-9(6-11(16)7-10)8-17-13-4-2-1-3-12(13)15/h1-7H,8H2. The first-order valence-electron chi connectivity index (χ1n) is 4.97. The monoisotopic (exact) mass is 330 g/mol. The number of hydrogen-bond donors (Lipinski definition) is 0. The molecule has 0 saturated heterocycles. The summed E-state index contributed by atoms with van der Waals surface area (Å²) in [7, 11) is 0. The highest BCUT2D eigenvalue weighted by Crippen LogP contribution is 2.30. The Morgan fingerprint density at radius 2 is 1.94 bits per heavy atom. The molecule has 0 N–H and O–H groups in total. The minimum Gasteiger partial charge on any atom is -0.207 e. The first kappa shape index (κ1) is 12.9. The molecule has 0 aliphatic rings. The van der Waals surface area contributed by atoms with Crippen molar-refractivity contribution in [3.05, 3.63) is 63.3 Å². The Morgan fingerprint density at radius 3 is 2.65 bits per heavy atom. The molecule has 0 bridgehead atoms. The molecule has 4 heteroatoms. The molecule has 0 nitrogen and oxygen atoms in total. The topological polar surface area (TPSA) is 0 Å². The molecule has 2 aromatic rings. The van der Waals surface area contributed by atoms with E-state index >= 15 is 0 Å². The molecule has 2 aromatic carbocycles. The van der Waals surface area contributed by atoms with Crippen molar-refractivity contribution in [2.45, 2.75) is 10.6 Å². The number of benzene rings is 2. The first-order valence-corrected chi connectivity index (χ1v) is 7.13. The van der Waals surface area contributed by atoms with Crippen LogP contribution in [0, 0.1) is 5.82 Å². The van der Waals surface area contributed by atoms with E-state index in [1.165, 1.54) is 12.1 Å². The van der Waals surface area contributed by atoms with Crippen molar-refractivity contribution < 1.29 is 4.39 Å². The minimum absolute atomic E-state index is 0.228. The maximum Gasteiger partial charge on any atom is 0.124 e. The molecule has 0 fully saturated rings. The van der Waals surface area contributed by atoms with Crippen molar-refractivity contribution in [1.82, 2.24) is 0 Å². The molecule has 0 unspecified atom stereocenters. The average Bonchev–Trinajstić information content (AvgIpc) is 2.27. The summed E-state index contributed by atoms with van der Waals surface area (Å²) in [6.07, 6.45) is 0. The summed E-state index contributed by atoms with van der Waals surface area (Å²) in [5.41, 5.74) is 0.932. The molecule has 2 rings (SSSR count). The minimum atomic E-state index is -0.228. The summed E-state index contributed by atoms with van der Waals surface area (Å²) in [6.45, 7) is 0. The second-order valence-electron chi connectivity index (χ2n) is 3.50. The quantitative estimate of drug-likeness (QED) is 0.666.